The number of likely N-dealkylation sites (tertiary alicyclic amines) is 1. The van der Waals surface area contributed by atoms with Crippen molar-refractivity contribution >= 4 is 5.97 Å². The predicted molar refractivity (Wildman–Crippen MR) is 93.9 cm³/mol. The Hall–Kier alpha value is -1.60. The summed E-state index contributed by atoms with van der Waals surface area (Å²) in [4.78, 5) is 15.0. The number of alkyl halides is 3. The third-order valence-electron chi connectivity index (χ3n) is 4.98. The highest BCUT2D eigenvalue weighted by Crippen LogP contribution is 2.30. The first kappa shape index (κ1) is 20.7. The minimum absolute atomic E-state index is 0.218. The number of carboxylic acids is 1. The van der Waals surface area contributed by atoms with Gasteiger partial charge in [0.1, 0.15) is 0 Å². The maximum atomic E-state index is 12.8. The number of piperidine rings is 1. The fraction of sp³-hybridized carbons (Fsp3) is 0.632. The molecule has 0 aliphatic carbocycles. The molecular formula is C19H27F3N2O2. The summed E-state index contributed by atoms with van der Waals surface area (Å²) in [6, 6.07) is 5.90. The van der Waals surface area contributed by atoms with Crippen LogP contribution in [0, 0.1) is 0 Å². The van der Waals surface area contributed by atoms with Gasteiger partial charge in [-0.05, 0) is 64.0 Å². The standard InChI is InChI=1S/C19H27F3N2O2/c1-23(14-15-5-4-6-16(13-15)19(20,21)22)17-8-11-24(12-9-17)10-3-2-7-18(25)26/h4-6,13,17H,2-3,7-12,14H2,1H3,(H,25,26). The zero-order valence-electron chi connectivity index (χ0n) is 15.1. The van der Waals surface area contributed by atoms with Gasteiger partial charge < -0.3 is 10.0 Å². The summed E-state index contributed by atoms with van der Waals surface area (Å²) in [6.07, 6.45) is -0.540. The number of nitrogens with zero attached hydrogens (tertiary/aromatic N) is 2. The molecule has 0 bridgehead atoms. The minimum Gasteiger partial charge on any atom is -0.481 e. The summed E-state index contributed by atoms with van der Waals surface area (Å²) in [5, 5.41) is 8.65. The summed E-state index contributed by atoms with van der Waals surface area (Å²) in [5.74, 6) is -0.750. The Morgan fingerprint density at radius 3 is 2.58 bits per heavy atom. The van der Waals surface area contributed by atoms with Crippen molar-refractivity contribution in [2.45, 2.75) is 50.9 Å². The van der Waals surface area contributed by atoms with E-state index in [0.717, 1.165) is 45.0 Å². The van der Waals surface area contributed by atoms with Gasteiger partial charge in [-0.2, -0.15) is 13.2 Å². The number of benzene rings is 1. The van der Waals surface area contributed by atoms with E-state index in [1.165, 1.54) is 12.1 Å². The first-order valence-electron chi connectivity index (χ1n) is 9.06. The van der Waals surface area contributed by atoms with Gasteiger partial charge in [0.15, 0.2) is 0 Å². The maximum absolute atomic E-state index is 12.8. The molecule has 1 aliphatic heterocycles. The smallest absolute Gasteiger partial charge is 0.416 e. The Labute approximate surface area is 152 Å². The molecule has 26 heavy (non-hydrogen) atoms. The SMILES string of the molecule is CN(Cc1cccc(C(F)(F)F)c1)C1CCN(CCCCC(=O)O)CC1. The molecule has 0 radical (unpaired) electrons. The molecule has 0 saturated carbocycles. The number of halogens is 3. The van der Waals surface area contributed by atoms with Crippen molar-refractivity contribution in [1.29, 1.82) is 0 Å². The lowest BCUT2D eigenvalue weighted by Crippen LogP contribution is -2.43. The molecule has 1 N–H and O–H groups in total. The van der Waals surface area contributed by atoms with E-state index in [1.807, 2.05) is 7.05 Å². The van der Waals surface area contributed by atoms with Gasteiger partial charge in [-0.3, -0.25) is 9.69 Å². The van der Waals surface area contributed by atoms with Crippen LogP contribution in [0.3, 0.4) is 0 Å². The first-order chi connectivity index (χ1) is 12.3. The van der Waals surface area contributed by atoms with Crippen molar-refractivity contribution in [1.82, 2.24) is 9.80 Å². The minimum atomic E-state index is -4.30. The summed E-state index contributed by atoms with van der Waals surface area (Å²) in [6.45, 7) is 3.32. The van der Waals surface area contributed by atoms with Gasteiger partial charge in [0, 0.05) is 19.0 Å². The molecule has 7 heteroatoms. The van der Waals surface area contributed by atoms with Crippen LogP contribution in [0.2, 0.25) is 0 Å². The molecule has 1 saturated heterocycles. The van der Waals surface area contributed by atoms with E-state index in [9.17, 15) is 18.0 Å². The zero-order valence-corrected chi connectivity index (χ0v) is 15.1. The molecule has 0 unspecified atom stereocenters. The summed E-state index contributed by atoms with van der Waals surface area (Å²) in [7, 11) is 1.97. The molecule has 0 spiro atoms. The average Bonchev–Trinajstić information content (AvgIpc) is 2.58. The number of unbranched alkanes of at least 4 members (excludes halogenated alkanes) is 1. The van der Waals surface area contributed by atoms with Crippen LogP contribution in [0.5, 0.6) is 0 Å². The van der Waals surface area contributed by atoms with Crippen molar-refractivity contribution in [3.63, 3.8) is 0 Å². The van der Waals surface area contributed by atoms with Crippen LogP contribution >= 0.6 is 0 Å². The van der Waals surface area contributed by atoms with Gasteiger partial charge in [-0.15, -0.1) is 0 Å². The molecule has 1 aromatic carbocycles. The van der Waals surface area contributed by atoms with E-state index >= 15 is 0 Å². The molecule has 0 amide bonds. The Morgan fingerprint density at radius 1 is 1.27 bits per heavy atom. The number of rotatable bonds is 8. The maximum Gasteiger partial charge on any atom is 0.416 e. The van der Waals surface area contributed by atoms with Crippen LogP contribution in [0.25, 0.3) is 0 Å². The number of aliphatic carboxylic acids is 1. The Balaban J connectivity index is 1.76. The molecular weight excluding hydrogens is 345 g/mol. The predicted octanol–water partition coefficient (Wildman–Crippen LogP) is 3.86. The summed E-state index contributed by atoms with van der Waals surface area (Å²) >= 11 is 0. The number of carbonyl (C=O) groups is 1. The molecule has 1 heterocycles. The van der Waals surface area contributed by atoms with Crippen molar-refractivity contribution < 1.29 is 23.1 Å². The second-order valence-corrected chi connectivity index (χ2v) is 7.04. The Bertz CT molecular complexity index is 584. The second-order valence-electron chi connectivity index (χ2n) is 7.04. The largest absolute Gasteiger partial charge is 0.481 e. The van der Waals surface area contributed by atoms with Crippen LogP contribution in [-0.4, -0.2) is 53.6 Å². The van der Waals surface area contributed by atoms with E-state index in [2.05, 4.69) is 9.80 Å². The fourth-order valence-electron chi connectivity index (χ4n) is 3.46. The first-order valence-corrected chi connectivity index (χ1v) is 9.06. The lowest BCUT2D eigenvalue weighted by Gasteiger charge is -2.37. The Kier molecular flexibility index (Phi) is 7.46. The van der Waals surface area contributed by atoms with Crippen molar-refractivity contribution in [3.8, 4) is 0 Å². The fourth-order valence-corrected chi connectivity index (χ4v) is 3.46. The lowest BCUT2D eigenvalue weighted by atomic mass is 10.0. The number of hydrogen-bond acceptors (Lipinski definition) is 3. The molecule has 0 aromatic heterocycles. The van der Waals surface area contributed by atoms with Crippen LogP contribution < -0.4 is 0 Å². The van der Waals surface area contributed by atoms with Gasteiger partial charge in [-0.1, -0.05) is 18.2 Å². The van der Waals surface area contributed by atoms with E-state index in [4.69, 9.17) is 5.11 Å². The average molecular weight is 372 g/mol. The molecule has 146 valence electrons. The van der Waals surface area contributed by atoms with Crippen LogP contribution in [0.1, 0.15) is 43.2 Å². The molecule has 2 rings (SSSR count). The highest BCUT2D eigenvalue weighted by molar-refractivity contribution is 5.66. The van der Waals surface area contributed by atoms with E-state index in [0.29, 0.717) is 24.6 Å². The summed E-state index contributed by atoms with van der Waals surface area (Å²) < 4.78 is 38.5. The van der Waals surface area contributed by atoms with Crippen molar-refractivity contribution in [2.24, 2.45) is 0 Å². The second kappa shape index (κ2) is 9.37. The highest BCUT2D eigenvalue weighted by atomic mass is 19.4. The third-order valence-corrected chi connectivity index (χ3v) is 4.98. The van der Waals surface area contributed by atoms with Crippen molar-refractivity contribution in [2.75, 3.05) is 26.7 Å². The van der Waals surface area contributed by atoms with E-state index < -0.39 is 17.7 Å². The topological polar surface area (TPSA) is 43.8 Å². The lowest BCUT2D eigenvalue weighted by molar-refractivity contribution is -0.138. The molecule has 0 atom stereocenters. The van der Waals surface area contributed by atoms with Gasteiger partial charge in [0.2, 0.25) is 0 Å². The Morgan fingerprint density at radius 2 is 1.96 bits per heavy atom. The highest BCUT2D eigenvalue weighted by Gasteiger charge is 2.30. The van der Waals surface area contributed by atoms with Crippen molar-refractivity contribution in [3.05, 3.63) is 35.4 Å². The van der Waals surface area contributed by atoms with Gasteiger partial charge in [0.05, 0.1) is 5.56 Å². The molecule has 1 fully saturated rings. The van der Waals surface area contributed by atoms with Gasteiger partial charge in [0.25, 0.3) is 0 Å². The molecule has 1 aromatic rings. The van der Waals surface area contributed by atoms with Crippen LogP contribution in [-0.2, 0) is 17.5 Å². The van der Waals surface area contributed by atoms with Crippen LogP contribution in [0.4, 0.5) is 13.2 Å². The third kappa shape index (κ3) is 6.61. The van der Waals surface area contributed by atoms with E-state index in [-0.39, 0.29) is 6.42 Å². The van der Waals surface area contributed by atoms with Gasteiger partial charge in [-0.25, -0.2) is 0 Å². The normalized spacial score (nSPS) is 17.0. The zero-order chi connectivity index (χ0) is 19.2. The monoisotopic (exact) mass is 372 g/mol. The number of carboxylic acid groups (broad SMARTS) is 1. The van der Waals surface area contributed by atoms with Gasteiger partial charge >= 0.3 is 12.1 Å². The molecule has 1 aliphatic rings. The number of hydrogen-bond donors (Lipinski definition) is 1. The summed E-state index contributed by atoms with van der Waals surface area (Å²) in [5.41, 5.74) is 0.0815. The van der Waals surface area contributed by atoms with Crippen LogP contribution in [0.15, 0.2) is 24.3 Å². The quantitative estimate of drug-likeness (QED) is 0.704. The van der Waals surface area contributed by atoms with E-state index in [1.54, 1.807) is 6.07 Å². The molecule has 4 nitrogen and oxygen atoms in total.